The Hall–Kier alpha value is -0.0800. The van der Waals surface area contributed by atoms with Crippen molar-refractivity contribution in [3.8, 4) is 0 Å². The van der Waals surface area contributed by atoms with Crippen molar-refractivity contribution in [3.63, 3.8) is 0 Å². The molecule has 0 aromatic heterocycles. The van der Waals surface area contributed by atoms with Crippen molar-refractivity contribution in [1.29, 1.82) is 0 Å². The fraction of sp³-hybridized carbons (Fsp3) is 1.00. The topological polar surface area (TPSA) is 38.0 Å². The molecule has 0 rings (SSSR count). The number of hydrogen-bond acceptors (Lipinski definition) is 2. The summed E-state index contributed by atoms with van der Waals surface area (Å²) in [6, 6.07) is 0. The fourth-order valence-electron chi connectivity index (χ4n) is 1.88. The van der Waals surface area contributed by atoms with E-state index in [1.807, 2.05) is 0 Å². The van der Waals surface area contributed by atoms with Crippen LogP contribution in [0.3, 0.4) is 0 Å². The molecule has 0 aliphatic carbocycles. The standard InChI is InChI=1S/C14H32N2/c1-2-3-13-16-14-11-9-7-5-4-6-8-10-12-15/h16H,2-15H2,1H3. The fourth-order valence-corrected chi connectivity index (χ4v) is 1.88. The highest BCUT2D eigenvalue weighted by atomic mass is 14.8. The van der Waals surface area contributed by atoms with Gasteiger partial charge in [0.1, 0.15) is 0 Å². The third-order valence-electron chi connectivity index (χ3n) is 3.01. The van der Waals surface area contributed by atoms with Crippen molar-refractivity contribution in [2.45, 2.75) is 71.1 Å². The third kappa shape index (κ3) is 13.9. The average molecular weight is 228 g/mol. The Morgan fingerprint density at radius 3 is 1.75 bits per heavy atom. The lowest BCUT2D eigenvalue weighted by Crippen LogP contribution is -2.16. The van der Waals surface area contributed by atoms with Gasteiger partial charge in [0, 0.05) is 0 Å². The van der Waals surface area contributed by atoms with Crippen molar-refractivity contribution < 1.29 is 0 Å². The smallest absolute Gasteiger partial charge is 0.00489 e. The quantitative estimate of drug-likeness (QED) is 0.474. The normalized spacial score (nSPS) is 10.9. The maximum absolute atomic E-state index is 5.45. The Kier molecular flexibility index (Phi) is 14.8. The Morgan fingerprint density at radius 1 is 0.688 bits per heavy atom. The van der Waals surface area contributed by atoms with E-state index in [1.54, 1.807) is 0 Å². The Labute approximate surface area is 102 Å². The van der Waals surface area contributed by atoms with Crippen molar-refractivity contribution in [2.24, 2.45) is 5.73 Å². The van der Waals surface area contributed by atoms with Gasteiger partial charge < -0.3 is 11.1 Å². The van der Waals surface area contributed by atoms with E-state index in [9.17, 15) is 0 Å². The highest BCUT2D eigenvalue weighted by Gasteiger charge is 1.92. The van der Waals surface area contributed by atoms with E-state index in [-0.39, 0.29) is 0 Å². The molecule has 0 saturated heterocycles. The molecule has 0 heterocycles. The predicted octanol–water partition coefficient (Wildman–Crippen LogP) is 3.46. The molecule has 0 aromatic carbocycles. The average Bonchev–Trinajstić information content (AvgIpc) is 2.31. The molecule has 0 fully saturated rings. The first-order chi connectivity index (χ1) is 7.91. The van der Waals surface area contributed by atoms with Gasteiger partial charge in [-0.3, -0.25) is 0 Å². The van der Waals surface area contributed by atoms with Gasteiger partial charge in [0.05, 0.1) is 0 Å². The third-order valence-corrected chi connectivity index (χ3v) is 3.01. The van der Waals surface area contributed by atoms with Crippen molar-refractivity contribution >= 4 is 0 Å². The zero-order valence-corrected chi connectivity index (χ0v) is 11.3. The summed E-state index contributed by atoms with van der Waals surface area (Å²) in [4.78, 5) is 0. The zero-order chi connectivity index (χ0) is 11.9. The summed E-state index contributed by atoms with van der Waals surface area (Å²) in [5.74, 6) is 0. The van der Waals surface area contributed by atoms with Crippen LogP contribution in [-0.2, 0) is 0 Å². The van der Waals surface area contributed by atoms with E-state index < -0.39 is 0 Å². The minimum Gasteiger partial charge on any atom is -0.330 e. The monoisotopic (exact) mass is 228 g/mol. The molecule has 98 valence electrons. The molecule has 0 saturated carbocycles. The molecule has 2 nitrogen and oxygen atoms in total. The van der Waals surface area contributed by atoms with Gasteiger partial charge in [-0.25, -0.2) is 0 Å². The molecule has 2 heteroatoms. The van der Waals surface area contributed by atoms with Crippen LogP contribution in [0.1, 0.15) is 71.1 Å². The number of rotatable bonds is 13. The van der Waals surface area contributed by atoms with Crippen LogP contribution in [0.25, 0.3) is 0 Å². The van der Waals surface area contributed by atoms with Gasteiger partial charge in [-0.15, -0.1) is 0 Å². The Balaban J connectivity index is 2.83. The van der Waals surface area contributed by atoms with E-state index in [0.29, 0.717) is 0 Å². The number of nitrogens with one attached hydrogen (secondary N) is 1. The van der Waals surface area contributed by atoms with E-state index in [4.69, 9.17) is 5.73 Å². The molecule has 3 N–H and O–H groups in total. The van der Waals surface area contributed by atoms with E-state index >= 15 is 0 Å². The molecule has 0 amide bonds. The van der Waals surface area contributed by atoms with Crippen LogP contribution in [-0.4, -0.2) is 19.6 Å². The number of unbranched alkanes of at least 4 members (excludes halogenated alkanes) is 8. The summed E-state index contributed by atoms with van der Waals surface area (Å²) in [7, 11) is 0. The van der Waals surface area contributed by atoms with E-state index in [0.717, 1.165) is 6.54 Å². The first-order valence-electron chi connectivity index (χ1n) is 7.32. The van der Waals surface area contributed by atoms with Crippen molar-refractivity contribution in [1.82, 2.24) is 5.32 Å². The molecular weight excluding hydrogens is 196 g/mol. The van der Waals surface area contributed by atoms with Crippen LogP contribution in [0.4, 0.5) is 0 Å². The second-order valence-electron chi connectivity index (χ2n) is 4.72. The maximum Gasteiger partial charge on any atom is -0.00489 e. The van der Waals surface area contributed by atoms with Crippen molar-refractivity contribution in [3.05, 3.63) is 0 Å². The molecule has 0 aliphatic rings. The molecule has 16 heavy (non-hydrogen) atoms. The largest absolute Gasteiger partial charge is 0.330 e. The second kappa shape index (κ2) is 14.9. The van der Waals surface area contributed by atoms with Gasteiger partial charge in [0.2, 0.25) is 0 Å². The Morgan fingerprint density at radius 2 is 1.19 bits per heavy atom. The van der Waals surface area contributed by atoms with Gasteiger partial charge >= 0.3 is 0 Å². The summed E-state index contributed by atoms with van der Waals surface area (Å²) >= 11 is 0. The van der Waals surface area contributed by atoms with Crippen LogP contribution in [0.5, 0.6) is 0 Å². The van der Waals surface area contributed by atoms with Crippen LogP contribution in [0, 0.1) is 0 Å². The lowest BCUT2D eigenvalue weighted by atomic mass is 10.1. The van der Waals surface area contributed by atoms with E-state index in [1.165, 1.54) is 77.3 Å². The Bertz CT molecular complexity index is 101. The molecule has 0 radical (unpaired) electrons. The van der Waals surface area contributed by atoms with Gasteiger partial charge in [0.15, 0.2) is 0 Å². The molecule has 0 atom stereocenters. The number of hydrogen-bond donors (Lipinski definition) is 2. The molecule has 0 aliphatic heterocycles. The van der Waals surface area contributed by atoms with Crippen LogP contribution in [0.2, 0.25) is 0 Å². The first-order valence-corrected chi connectivity index (χ1v) is 7.32. The summed E-state index contributed by atoms with van der Waals surface area (Å²) in [5, 5.41) is 3.49. The minimum absolute atomic E-state index is 0.865. The van der Waals surface area contributed by atoms with Gasteiger partial charge in [-0.2, -0.15) is 0 Å². The molecule has 0 spiro atoms. The lowest BCUT2D eigenvalue weighted by molar-refractivity contribution is 0.547. The van der Waals surface area contributed by atoms with Gasteiger partial charge in [-0.1, -0.05) is 51.9 Å². The summed E-state index contributed by atoms with van der Waals surface area (Å²) < 4.78 is 0. The number of nitrogens with two attached hydrogens (primary N) is 1. The predicted molar refractivity (Wildman–Crippen MR) is 73.8 cm³/mol. The minimum atomic E-state index is 0.865. The summed E-state index contributed by atoms with van der Waals surface area (Å²) in [5.41, 5.74) is 5.45. The SMILES string of the molecule is CCCCNCCCCCCCCCCN. The van der Waals surface area contributed by atoms with Crippen LogP contribution in [0.15, 0.2) is 0 Å². The highest BCUT2D eigenvalue weighted by Crippen LogP contribution is 2.07. The summed E-state index contributed by atoms with van der Waals surface area (Å²) in [6.07, 6.45) is 13.5. The van der Waals surface area contributed by atoms with Crippen molar-refractivity contribution in [2.75, 3.05) is 19.6 Å². The first kappa shape index (κ1) is 15.9. The van der Waals surface area contributed by atoms with Crippen LogP contribution >= 0.6 is 0 Å². The lowest BCUT2D eigenvalue weighted by Gasteiger charge is -2.04. The maximum atomic E-state index is 5.45. The van der Waals surface area contributed by atoms with Crippen LogP contribution < -0.4 is 11.1 Å². The zero-order valence-electron chi connectivity index (χ0n) is 11.3. The summed E-state index contributed by atoms with van der Waals surface area (Å²) in [6.45, 7) is 5.53. The second-order valence-corrected chi connectivity index (χ2v) is 4.72. The highest BCUT2D eigenvalue weighted by molar-refractivity contribution is 4.50. The van der Waals surface area contributed by atoms with Gasteiger partial charge in [-0.05, 0) is 38.9 Å². The molecule has 0 bridgehead atoms. The molecular formula is C14H32N2. The molecule has 0 aromatic rings. The molecule has 0 unspecified atom stereocenters. The van der Waals surface area contributed by atoms with Gasteiger partial charge in [0.25, 0.3) is 0 Å². The van der Waals surface area contributed by atoms with E-state index in [2.05, 4.69) is 12.2 Å².